The lowest BCUT2D eigenvalue weighted by molar-refractivity contribution is -0.137. The van der Waals surface area contributed by atoms with Crippen molar-refractivity contribution in [3.8, 4) is 0 Å². The van der Waals surface area contributed by atoms with Gasteiger partial charge in [-0.3, -0.25) is 10.2 Å². The number of aliphatic carboxylic acids is 1. The van der Waals surface area contributed by atoms with E-state index in [-0.39, 0.29) is 0 Å². The molecule has 0 aromatic heterocycles. The van der Waals surface area contributed by atoms with Gasteiger partial charge in [-0.05, 0) is 25.7 Å². The van der Waals surface area contributed by atoms with Crippen LogP contribution in [0.4, 0.5) is 0 Å². The molecule has 0 aromatic rings. The maximum absolute atomic E-state index is 10.3. The second-order valence-corrected chi connectivity index (χ2v) is 4.16. The SMILES string of the molecule is O=C(O)CCCCCNN1CCCCC1. The van der Waals surface area contributed by atoms with Crippen LogP contribution in [0.25, 0.3) is 0 Å². The van der Waals surface area contributed by atoms with Crippen LogP contribution in [0.15, 0.2) is 0 Å². The highest BCUT2D eigenvalue weighted by atomic mass is 16.4. The molecular weight excluding hydrogens is 192 g/mol. The van der Waals surface area contributed by atoms with E-state index in [0.29, 0.717) is 6.42 Å². The Kier molecular flexibility index (Phi) is 6.36. The summed E-state index contributed by atoms with van der Waals surface area (Å²) in [6.07, 6.45) is 7.15. The van der Waals surface area contributed by atoms with Gasteiger partial charge in [0.05, 0.1) is 0 Å². The summed E-state index contributed by atoms with van der Waals surface area (Å²) in [7, 11) is 0. The van der Waals surface area contributed by atoms with Crippen LogP contribution in [0, 0.1) is 0 Å². The fraction of sp³-hybridized carbons (Fsp3) is 0.909. The topological polar surface area (TPSA) is 52.6 Å². The minimum Gasteiger partial charge on any atom is -0.481 e. The summed E-state index contributed by atoms with van der Waals surface area (Å²) in [6, 6.07) is 0. The molecule has 4 nitrogen and oxygen atoms in total. The number of carbonyl (C=O) groups is 1. The smallest absolute Gasteiger partial charge is 0.303 e. The highest BCUT2D eigenvalue weighted by Crippen LogP contribution is 2.06. The quantitative estimate of drug-likeness (QED) is 0.632. The number of rotatable bonds is 7. The van der Waals surface area contributed by atoms with Crippen LogP contribution < -0.4 is 5.43 Å². The molecule has 0 saturated carbocycles. The van der Waals surface area contributed by atoms with Crippen LogP contribution in [0.5, 0.6) is 0 Å². The standard InChI is InChI=1S/C11H22N2O2/c14-11(15)7-3-1-4-8-12-13-9-5-2-6-10-13/h12H,1-10H2,(H,14,15). The van der Waals surface area contributed by atoms with Gasteiger partial charge >= 0.3 is 5.97 Å². The summed E-state index contributed by atoms with van der Waals surface area (Å²) in [5.74, 6) is -0.681. The lowest BCUT2D eigenvalue weighted by atomic mass is 10.2. The molecule has 88 valence electrons. The van der Waals surface area contributed by atoms with Crippen LogP contribution in [-0.2, 0) is 4.79 Å². The molecule has 0 aromatic carbocycles. The third-order valence-electron chi connectivity index (χ3n) is 2.76. The minimum absolute atomic E-state index is 0.309. The van der Waals surface area contributed by atoms with Crippen molar-refractivity contribution in [3.05, 3.63) is 0 Å². The zero-order chi connectivity index (χ0) is 10.9. The van der Waals surface area contributed by atoms with Gasteiger partial charge in [0.2, 0.25) is 0 Å². The monoisotopic (exact) mass is 214 g/mol. The number of carboxylic acids is 1. The normalized spacial score (nSPS) is 17.9. The van der Waals surface area contributed by atoms with Gasteiger partial charge in [-0.15, -0.1) is 0 Å². The molecule has 0 aliphatic carbocycles. The number of hydrogen-bond donors (Lipinski definition) is 2. The van der Waals surface area contributed by atoms with Crippen molar-refractivity contribution in [2.75, 3.05) is 19.6 Å². The maximum Gasteiger partial charge on any atom is 0.303 e. The predicted octanol–water partition coefficient (Wildman–Crippen LogP) is 1.62. The first-order valence-corrected chi connectivity index (χ1v) is 5.99. The zero-order valence-corrected chi connectivity index (χ0v) is 9.37. The molecule has 1 heterocycles. The average molecular weight is 214 g/mol. The van der Waals surface area contributed by atoms with Crippen molar-refractivity contribution < 1.29 is 9.90 Å². The van der Waals surface area contributed by atoms with E-state index in [1.54, 1.807) is 0 Å². The van der Waals surface area contributed by atoms with Gasteiger partial charge < -0.3 is 5.11 Å². The Morgan fingerprint density at radius 3 is 2.53 bits per heavy atom. The molecule has 0 amide bonds. The molecule has 1 fully saturated rings. The van der Waals surface area contributed by atoms with Gasteiger partial charge in [-0.25, -0.2) is 5.01 Å². The van der Waals surface area contributed by atoms with Crippen LogP contribution in [0.2, 0.25) is 0 Å². The van der Waals surface area contributed by atoms with Gasteiger partial charge in [-0.2, -0.15) is 0 Å². The summed E-state index contributed by atoms with van der Waals surface area (Å²) in [6.45, 7) is 3.31. The Bertz CT molecular complexity index is 179. The summed E-state index contributed by atoms with van der Waals surface area (Å²) in [5.41, 5.74) is 3.40. The third kappa shape index (κ3) is 6.47. The van der Waals surface area contributed by atoms with Gasteiger partial charge in [0.25, 0.3) is 0 Å². The van der Waals surface area contributed by atoms with Crippen LogP contribution in [0.1, 0.15) is 44.9 Å². The molecule has 4 heteroatoms. The summed E-state index contributed by atoms with van der Waals surface area (Å²) >= 11 is 0. The van der Waals surface area contributed by atoms with E-state index in [1.165, 1.54) is 19.3 Å². The Morgan fingerprint density at radius 1 is 1.13 bits per heavy atom. The van der Waals surface area contributed by atoms with E-state index in [9.17, 15) is 4.79 Å². The minimum atomic E-state index is -0.681. The third-order valence-corrected chi connectivity index (χ3v) is 2.76. The molecule has 0 radical (unpaired) electrons. The number of unbranched alkanes of at least 4 members (excludes halogenated alkanes) is 2. The molecule has 2 N–H and O–H groups in total. The van der Waals surface area contributed by atoms with E-state index in [0.717, 1.165) is 38.9 Å². The molecule has 1 saturated heterocycles. The van der Waals surface area contributed by atoms with Crippen LogP contribution >= 0.6 is 0 Å². The average Bonchev–Trinajstić information content (AvgIpc) is 2.24. The first-order chi connectivity index (χ1) is 7.29. The van der Waals surface area contributed by atoms with Gasteiger partial charge in [0.15, 0.2) is 0 Å². The Hall–Kier alpha value is -0.610. The Balaban J connectivity index is 1.85. The second kappa shape index (κ2) is 7.65. The number of nitrogens with zero attached hydrogens (tertiary/aromatic N) is 1. The van der Waals surface area contributed by atoms with Crippen LogP contribution in [-0.4, -0.2) is 35.7 Å². The van der Waals surface area contributed by atoms with Gasteiger partial charge in [0, 0.05) is 26.1 Å². The van der Waals surface area contributed by atoms with Crippen LogP contribution in [0.3, 0.4) is 0 Å². The van der Waals surface area contributed by atoms with Crippen molar-refractivity contribution in [3.63, 3.8) is 0 Å². The largest absolute Gasteiger partial charge is 0.481 e. The Labute approximate surface area is 91.6 Å². The van der Waals surface area contributed by atoms with Crippen molar-refractivity contribution in [1.82, 2.24) is 10.4 Å². The second-order valence-electron chi connectivity index (χ2n) is 4.16. The first kappa shape index (κ1) is 12.5. The van der Waals surface area contributed by atoms with E-state index < -0.39 is 5.97 Å². The molecular formula is C11H22N2O2. The van der Waals surface area contributed by atoms with Gasteiger partial charge in [0.1, 0.15) is 0 Å². The van der Waals surface area contributed by atoms with Crippen molar-refractivity contribution in [1.29, 1.82) is 0 Å². The Morgan fingerprint density at radius 2 is 1.87 bits per heavy atom. The van der Waals surface area contributed by atoms with Crippen molar-refractivity contribution in [2.24, 2.45) is 0 Å². The molecule has 15 heavy (non-hydrogen) atoms. The lowest BCUT2D eigenvalue weighted by Crippen LogP contribution is -2.42. The number of nitrogens with one attached hydrogen (secondary N) is 1. The summed E-state index contributed by atoms with van der Waals surface area (Å²) < 4.78 is 0. The molecule has 0 unspecified atom stereocenters. The summed E-state index contributed by atoms with van der Waals surface area (Å²) in [4.78, 5) is 10.3. The maximum atomic E-state index is 10.3. The molecule has 0 atom stereocenters. The number of hydrogen-bond acceptors (Lipinski definition) is 3. The van der Waals surface area contributed by atoms with E-state index in [2.05, 4.69) is 10.4 Å². The van der Waals surface area contributed by atoms with E-state index in [4.69, 9.17) is 5.11 Å². The summed E-state index contributed by atoms with van der Waals surface area (Å²) in [5, 5.41) is 10.7. The van der Waals surface area contributed by atoms with Crippen molar-refractivity contribution in [2.45, 2.75) is 44.9 Å². The van der Waals surface area contributed by atoms with Gasteiger partial charge in [-0.1, -0.05) is 12.8 Å². The van der Waals surface area contributed by atoms with Crippen molar-refractivity contribution >= 4 is 5.97 Å². The van der Waals surface area contributed by atoms with E-state index >= 15 is 0 Å². The molecule has 1 aliphatic heterocycles. The fourth-order valence-electron chi connectivity index (χ4n) is 1.87. The zero-order valence-electron chi connectivity index (χ0n) is 9.37. The lowest BCUT2D eigenvalue weighted by Gasteiger charge is -2.27. The predicted molar refractivity (Wildman–Crippen MR) is 59.5 cm³/mol. The molecule has 1 rings (SSSR count). The fourth-order valence-corrected chi connectivity index (χ4v) is 1.87. The number of piperidine rings is 1. The molecule has 1 aliphatic rings. The molecule has 0 spiro atoms. The van der Waals surface area contributed by atoms with E-state index in [1.807, 2.05) is 0 Å². The first-order valence-electron chi connectivity index (χ1n) is 5.99. The number of hydrazine groups is 1. The molecule has 0 bridgehead atoms. The highest BCUT2D eigenvalue weighted by molar-refractivity contribution is 5.66. The number of carboxylic acid groups (broad SMARTS) is 1. The highest BCUT2D eigenvalue weighted by Gasteiger charge is 2.08.